The van der Waals surface area contributed by atoms with Crippen molar-refractivity contribution in [2.75, 3.05) is 33.3 Å². The number of hydrogen-bond acceptors (Lipinski definition) is 3. The SMILES string of the molecule is COc1cccc(C(=O)N2CCN3C[C@@H](c4ccc(Cl)cc4)CC[C@@H]3C2)c1Cl. The van der Waals surface area contributed by atoms with Crippen LogP contribution >= 0.6 is 23.2 Å². The average Bonchev–Trinajstić information content (AvgIpc) is 2.73. The second-order valence-corrected chi connectivity index (χ2v) is 8.36. The maximum Gasteiger partial charge on any atom is 0.255 e. The van der Waals surface area contributed by atoms with E-state index in [0.29, 0.717) is 28.3 Å². The molecule has 2 aromatic rings. The molecule has 0 saturated carbocycles. The summed E-state index contributed by atoms with van der Waals surface area (Å²) in [4.78, 5) is 17.5. The summed E-state index contributed by atoms with van der Waals surface area (Å²) in [5.41, 5.74) is 1.87. The van der Waals surface area contributed by atoms with Gasteiger partial charge < -0.3 is 9.64 Å². The van der Waals surface area contributed by atoms with Crippen molar-refractivity contribution in [2.45, 2.75) is 24.8 Å². The van der Waals surface area contributed by atoms with E-state index in [1.54, 1.807) is 19.2 Å². The minimum Gasteiger partial charge on any atom is -0.495 e. The van der Waals surface area contributed by atoms with Crippen LogP contribution in [0.4, 0.5) is 0 Å². The second kappa shape index (κ2) is 8.32. The van der Waals surface area contributed by atoms with Crippen molar-refractivity contribution >= 4 is 29.1 Å². The molecule has 2 aliphatic heterocycles. The van der Waals surface area contributed by atoms with Gasteiger partial charge in [-0.3, -0.25) is 9.69 Å². The number of carbonyl (C=O) groups excluding carboxylic acids is 1. The smallest absolute Gasteiger partial charge is 0.255 e. The van der Waals surface area contributed by atoms with Crippen LogP contribution in [0.5, 0.6) is 5.75 Å². The highest BCUT2D eigenvalue weighted by Gasteiger charge is 2.35. The molecule has 2 fully saturated rings. The van der Waals surface area contributed by atoms with Crippen molar-refractivity contribution in [1.29, 1.82) is 0 Å². The van der Waals surface area contributed by atoms with Crippen molar-refractivity contribution < 1.29 is 9.53 Å². The third-order valence-corrected chi connectivity index (χ3v) is 6.59. The minimum absolute atomic E-state index is 0.0108. The van der Waals surface area contributed by atoms with E-state index in [2.05, 4.69) is 17.0 Å². The van der Waals surface area contributed by atoms with Gasteiger partial charge in [-0.15, -0.1) is 0 Å². The number of piperidine rings is 1. The van der Waals surface area contributed by atoms with Crippen LogP contribution in [-0.4, -0.2) is 55.0 Å². The number of hydrogen-bond donors (Lipinski definition) is 0. The lowest BCUT2D eigenvalue weighted by Gasteiger charge is -2.46. The van der Waals surface area contributed by atoms with Gasteiger partial charge in [-0.25, -0.2) is 0 Å². The van der Waals surface area contributed by atoms with Gasteiger partial charge in [-0.05, 0) is 48.6 Å². The van der Waals surface area contributed by atoms with Gasteiger partial charge >= 0.3 is 0 Å². The van der Waals surface area contributed by atoms with Crippen LogP contribution in [0.3, 0.4) is 0 Å². The summed E-state index contributed by atoms with van der Waals surface area (Å²) in [5, 5.41) is 1.17. The van der Waals surface area contributed by atoms with Gasteiger partial charge in [0.2, 0.25) is 0 Å². The zero-order valence-corrected chi connectivity index (χ0v) is 17.4. The first-order chi connectivity index (χ1) is 13.6. The molecular weight excluding hydrogens is 395 g/mol. The molecule has 2 aromatic carbocycles. The molecule has 0 unspecified atom stereocenters. The molecule has 0 radical (unpaired) electrons. The standard InChI is InChI=1S/C22H24Cl2N2O2/c1-28-20-4-2-3-19(21(20)24)22(27)26-12-11-25-13-16(7-10-18(25)14-26)15-5-8-17(23)9-6-15/h2-6,8-9,16,18H,7,10-14H2,1H3/t16-,18+/m0/s1. The first-order valence-corrected chi connectivity index (χ1v) is 10.4. The first-order valence-electron chi connectivity index (χ1n) is 9.68. The minimum atomic E-state index is -0.0108. The number of ether oxygens (including phenoxy) is 1. The van der Waals surface area contributed by atoms with Gasteiger partial charge in [0.15, 0.2) is 0 Å². The Kier molecular flexibility index (Phi) is 5.81. The normalized spacial score (nSPS) is 22.6. The number of methoxy groups -OCH3 is 1. The molecule has 0 spiro atoms. The summed E-state index contributed by atoms with van der Waals surface area (Å²) in [5.74, 6) is 1.06. The first kappa shape index (κ1) is 19.6. The van der Waals surface area contributed by atoms with E-state index >= 15 is 0 Å². The summed E-state index contributed by atoms with van der Waals surface area (Å²) in [6.45, 7) is 3.40. The highest BCUT2D eigenvalue weighted by Crippen LogP contribution is 2.34. The maximum absolute atomic E-state index is 13.0. The molecular formula is C22H24Cl2N2O2. The molecule has 0 N–H and O–H groups in total. The van der Waals surface area contributed by atoms with Crippen LogP contribution in [0, 0.1) is 0 Å². The van der Waals surface area contributed by atoms with Crippen molar-refractivity contribution in [3.05, 3.63) is 63.6 Å². The van der Waals surface area contributed by atoms with Gasteiger partial charge in [0.25, 0.3) is 5.91 Å². The monoisotopic (exact) mass is 418 g/mol. The number of fused-ring (bicyclic) bond motifs is 1. The highest BCUT2D eigenvalue weighted by molar-refractivity contribution is 6.35. The van der Waals surface area contributed by atoms with E-state index in [1.807, 2.05) is 23.1 Å². The molecule has 148 valence electrons. The third kappa shape index (κ3) is 3.86. The number of carbonyl (C=O) groups is 1. The predicted molar refractivity (Wildman–Crippen MR) is 113 cm³/mol. The fourth-order valence-electron chi connectivity index (χ4n) is 4.37. The van der Waals surface area contributed by atoms with E-state index < -0.39 is 0 Å². The predicted octanol–water partition coefficient (Wildman–Crippen LogP) is 4.71. The molecule has 2 heterocycles. The Balaban J connectivity index is 1.42. The van der Waals surface area contributed by atoms with Gasteiger partial charge in [0.1, 0.15) is 5.75 Å². The van der Waals surface area contributed by atoms with Gasteiger partial charge in [0.05, 0.1) is 17.7 Å². The summed E-state index contributed by atoms with van der Waals surface area (Å²) >= 11 is 12.4. The lowest BCUT2D eigenvalue weighted by Crippen LogP contribution is -2.57. The van der Waals surface area contributed by atoms with Crippen molar-refractivity contribution in [3.8, 4) is 5.75 Å². The molecule has 1 amide bonds. The molecule has 0 aliphatic carbocycles. The largest absolute Gasteiger partial charge is 0.495 e. The van der Waals surface area contributed by atoms with E-state index in [-0.39, 0.29) is 5.91 Å². The van der Waals surface area contributed by atoms with Gasteiger partial charge in [-0.2, -0.15) is 0 Å². The Bertz CT molecular complexity index is 856. The van der Waals surface area contributed by atoms with Crippen molar-refractivity contribution in [1.82, 2.24) is 9.80 Å². The zero-order valence-electron chi connectivity index (χ0n) is 15.9. The number of benzene rings is 2. The summed E-state index contributed by atoms with van der Waals surface area (Å²) in [6.07, 6.45) is 2.22. The fourth-order valence-corrected chi connectivity index (χ4v) is 4.78. The van der Waals surface area contributed by atoms with Crippen LogP contribution < -0.4 is 4.74 Å². The van der Waals surface area contributed by atoms with E-state index in [0.717, 1.165) is 44.0 Å². The number of nitrogens with zero attached hydrogens (tertiary/aromatic N) is 2. The summed E-state index contributed by atoms with van der Waals surface area (Å²) in [7, 11) is 1.56. The summed E-state index contributed by atoms with van der Waals surface area (Å²) < 4.78 is 5.25. The van der Waals surface area contributed by atoms with Crippen LogP contribution in [0.15, 0.2) is 42.5 Å². The number of piperazine rings is 1. The molecule has 4 rings (SSSR count). The lowest BCUT2D eigenvalue weighted by molar-refractivity contribution is 0.0329. The van der Waals surface area contributed by atoms with Crippen LogP contribution in [0.2, 0.25) is 10.0 Å². The molecule has 0 bridgehead atoms. The van der Waals surface area contributed by atoms with Gasteiger partial charge in [-0.1, -0.05) is 41.4 Å². The lowest BCUT2D eigenvalue weighted by atomic mass is 9.86. The number of amides is 1. The Hall–Kier alpha value is -1.75. The molecule has 4 nitrogen and oxygen atoms in total. The maximum atomic E-state index is 13.0. The second-order valence-electron chi connectivity index (χ2n) is 7.55. The van der Waals surface area contributed by atoms with Crippen LogP contribution in [-0.2, 0) is 0 Å². The number of rotatable bonds is 3. The van der Waals surface area contributed by atoms with Crippen molar-refractivity contribution in [2.24, 2.45) is 0 Å². The third-order valence-electron chi connectivity index (χ3n) is 5.95. The molecule has 0 aromatic heterocycles. The molecule has 28 heavy (non-hydrogen) atoms. The van der Waals surface area contributed by atoms with Crippen LogP contribution in [0.25, 0.3) is 0 Å². The highest BCUT2D eigenvalue weighted by atomic mass is 35.5. The van der Waals surface area contributed by atoms with E-state index in [9.17, 15) is 4.79 Å². The fraction of sp³-hybridized carbons (Fsp3) is 0.409. The summed E-state index contributed by atoms with van der Waals surface area (Å²) in [6, 6.07) is 14.0. The van der Waals surface area contributed by atoms with Gasteiger partial charge in [0, 0.05) is 37.2 Å². The number of halogens is 2. The van der Waals surface area contributed by atoms with Crippen LogP contribution in [0.1, 0.15) is 34.7 Å². The molecule has 2 aliphatic rings. The quantitative estimate of drug-likeness (QED) is 0.723. The Morgan fingerprint density at radius 2 is 1.82 bits per heavy atom. The Labute approximate surface area is 176 Å². The molecule has 6 heteroatoms. The van der Waals surface area contributed by atoms with E-state index in [4.69, 9.17) is 27.9 Å². The van der Waals surface area contributed by atoms with E-state index in [1.165, 1.54) is 5.56 Å². The average molecular weight is 419 g/mol. The van der Waals surface area contributed by atoms with Crippen molar-refractivity contribution in [3.63, 3.8) is 0 Å². The zero-order chi connectivity index (χ0) is 19.7. The topological polar surface area (TPSA) is 32.8 Å². The Morgan fingerprint density at radius 1 is 1.04 bits per heavy atom. The Morgan fingerprint density at radius 3 is 2.57 bits per heavy atom. The molecule has 2 atom stereocenters. The molecule has 2 saturated heterocycles.